The van der Waals surface area contributed by atoms with Crippen molar-refractivity contribution in [2.24, 2.45) is 11.0 Å². The lowest BCUT2D eigenvalue weighted by atomic mass is 9.89. The fourth-order valence-corrected chi connectivity index (χ4v) is 2.82. The average molecular weight is 281 g/mol. The Morgan fingerprint density at radius 1 is 1.42 bits per heavy atom. The van der Waals surface area contributed by atoms with E-state index in [0.29, 0.717) is 4.88 Å². The van der Waals surface area contributed by atoms with Crippen LogP contribution in [-0.4, -0.2) is 17.0 Å². The molecule has 0 aromatic carbocycles. The highest BCUT2D eigenvalue weighted by Gasteiger charge is 2.20. The normalized spacial score (nSPS) is 16.6. The highest BCUT2D eigenvalue weighted by Crippen LogP contribution is 2.24. The van der Waals surface area contributed by atoms with Crippen LogP contribution in [-0.2, 0) is 4.79 Å². The molecule has 1 aliphatic rings. The van der Waals surface area contributed by atoms with Crippen molar-refractivity contribution < 1.29 is 9.72 Å². The Hall–Kier alpha value is -1.76. The van der Waals surface area contributed by atoms with E-state index >= 15 is 0 Å². The van der Waals surface area contributed by atoms with Crippen LogP contribution in [0.3, 0.4) is 0 Å². The monoisotopic (exact) mass is 281 g/mol. The molecule has 1 heterocycles. The van der Waals surface area contributed by atoms with Crippen LogP contribution in [0.1, 0.15) is 37.0 Å². The Bertz CT molecular complexity index is 492. The summed E-state index contributed by atoms with van der Waals surface area (Å²) in [4.78, 5) is 22.5. The van der Waals surface area contributed by atoms with Gasteiger partial charge in [-0.1, -0.05) is 30.6 Å². The molecule has 19 heavy (non-hydrogen) atoms. The van der Waals surface area contributed by atoms with Gasteiger partial charge < -0.3 is 0 Å². The summed E-state index contributed by atoms with van der Waals surface area (Å²) in [7, 11) is 0. The third-order valence-corrected chi connectivity index (χ3v) is 4.11. The van der Waals surface area contributed by atoms with Crippen molar-refractivity contribution in [2.45, 2.75) is 32.1 Å². The molecule has 1 aromatic rings. The summed E-state index contributed by atoms with van der Waals surface area (Å²) in [6.07, 6.45) is 6.68. The van der Waals surface area contributed by atoms with E-state index in [1.54, 1.807) is 6.07 Å². The van der Waals surface area contributed by atoms with E-state index in [2.05, 4.69) is 10.5 Å². The van der Waals surface area contributed by atoms with Crippen LogP contribution in [0.15, 0.2) is 17.2 Å². The number of amides is 1. The molecule has 102 valence electrons. The van der Waals surface area contributed by atoms with Gasteiger partial charge in [-0.3, -0.25) is 14.9 Å². The number of nitro groups is 1. The minimum Gasteiger partial charge on any atom is -0.273 e. The topological polar surface area (TPSA) is 84.6 Å². The standard InChI is InChI=1S/C12H15N3O3S/c16-12(9-4-2-1-3-5-9)14-13-8-10-6-7-11(19-10)15(17)18/h6-9H,1-5H2,(H,14,16). The predicted molar refractivity (Wildman–Crippen MR) is 73.3 cm³/mol. The van der Waals surface area contributed by atoms with Gasteiger partial charge in [-0.2, -0.15) is 5.10 Å². The van der Waals surface area contributed by atoms with Gasteiger partial charge in [0.25, 0.3) is 0 Å². The van der Waals surface area contributed by atoms with Crippen LogP contribution in [0, 0.1) is 16.0 Å². The second kappa shape index (κ2) is 6.42. The van der Waals surface area contributed by atoms with Crippen molar-refractivity contribution in [3.05, 3.63) is 27.1 Å². The third kappa shape index (κ3) is 3.85. The van der Waals surface area contributed by atoms with Crippen molar-refractivity contribution >= 4 is 28.5 Å². The van der Waals surface area contributed by atoms with Crippen molar-refractivity contribution in [3.63, 3.8) is 0 Å². The van der Waals surface area contributed by atoms with Gasteiger partial charge in [-0.05, 0) is 18.9 Å². The van der Waals surface area contributed by atoms with E-state index in [1.807, 2.05) is 0 Å². The number of rotatable bonds is 4. The van der Waals surface area contributed by atoms with Crippen molar-refractivity contribution in [1.82, 2.24) is 5.43 Å². The smallest absolute Gasteiger partial charge is 0.273 e. The molecule has 0 saturated heterocycles. The third-order valence-electron chi connectivity index (χ3n) is 3.14. The highest BCUT2D eigenvalue weighted by molar-refractivity contribution is 7.16. The maximum atomic E-state index is 11.8. The molecule has 0 atom stereocenters. The molecule has 0 spiro atoms. The van der Waals surface area contributed by atoms with Gasteiger partial charge >= 0.3 is 5.00 Å². The van der Waals surface area contributed by atoms with Crippen LogP contribution < -0.4 is 5.43 Å². The average Bonchev–Trinajstić information content (AvgIpc) is 2.89. The molecular weight excluding hydrogens is 266 g/mol. The summed E-state index contributed by atoms with van der Waals surface area (Å²) in [6.45, 7) is 0. The van der Waals surface area contributed by atoms with Crippen molar-refractivity contribution in [2.75, 3.05) is 0 Å². The number of thiophene rings is 1. The van der Waals surface area contributed by atoms with E-state index in [-0.39, 0.29) is 16.8 Å². The molecule has 2 rings (SSSR count). The van der Waals surface area contributed by atoms with Crippen molar-refractivity contribution in [3.8, 4) is 0 Å². The van der Waals surface area contributed by atoms with E-state index in [9.17, 15) is 14.9 Å². The van der Waals surface area contributed by atoms with Crippen LogP contribution in [0.4, 0.5) is 5.00 Å². The number of nitrogens with zero attached hydrogens (tertiary/aromatic N) is 2. The lowest BCUT2D eigenvalue weighted by molar-refractivity contribution is -0.380. The first-order valence-electron chi connectivity index (χ1n) is 6.24. The Balaban J connectivity index is 1.84. The summed E-state index contributed by atoms with van der Waals surface area (Å²) in [5, 5.41) is 14.4. The fraction of sp³-hybridized carbons (Fsp3) is 0.500. The molecule has 7 heteroatoms. The zero-order valence-electron chi connectivity index (χ0n) is 10.4. The van der Waals surface area contributed by atoms with E-state index < -0.39 is 4.92 Å². The lowest BCUT2D eigenvalue weighted by Crippen LogP contribution is -2.28. The van der Waals surface area contributed by atoms with Gasteiger partial charge in [-0.15, -0.1) is 0 Å². The molecule has 1 aliphatic carbocycles. The molecule has 0 radical (unpaired) electrons. The summed E-state index contributed by atoms with van der Waals surface area (Å²) in [6, 6.07) is 3.04. The number of hydrogen-bond donors (Lipinski definition) is 1. The first-order chi connectivity index (χ1) is 9.16. The van der Waals surface area contributed by atoms with Gasteiger partial charge in [-0.25, -0.2) is 5.43 Å². The van der Waals surface area contributed by atoms with E-state index in [0.717, 1.165) is 37.0 Å². The number of carbonyl (C=O) groups excluding carboxylic acids is 1. The zero-order chi connectivity index (χ0) is 13.7. The largest absolute Gasteiger partial charge is 0.324 e. The lowest BCUT2D eigenvalue weighted by Gasteiger charge is -2.19. The van der Waals surface area contributed by atoms with Gasteiger partial charge in [0.05, 0.1) is 16.0 Å². The molecule has 1 N–H and O–H groups in total. The van der Waals surface area contributed by atoms with Gasteiger partial charge in [0.2, 0.25) is 5.91 Å². The predicted octanol–water partition coefficient (Wildman–Crippen LogP) is 2.69. The Morgan fingerprint density at radius 3 is 2.79 bits per heavy atom. The molecule has 1 aromatic heterocycles. The SMILES string of the molecule is O=C(NN=Cc1ccc([N+](=O)[O-])s1)C1CCCCC1. The minimum absolute atomic E-state index is 0.0537. The summed E-state index contributed by atoms with van der Waals surface area (Å²) < 4.78 is 0. The van der Waals surface area contributed by atoms with Crippen LogP contribution in [0.2, 0.25) is 0 Å². The Kier molecular flexibility index (Phi) is 4.62. The number of hydrogen-bond acceptors (Lipinski definition) is 5. The maximum absolute atomic E-state index is 11.8. The minimum atomic E-state index is -0.442. The molecule has 1 amide bonds. The van der Waals surface area contributed by atoms with Gasteiger partial charge in [0.1, 0.15) is 0 Å². The second-order valence-corrected chi connectivity index (χ2v) is 5.60. The fourth-order valence-electron chi connectivity index (χ4n) is 2.13. The zero-order valence-corrected chi connectivity index (χ0v) is 11.2. The quantitative estimate of drug-likeness (QED) is 0.523. The molecule has 1 saturated carbocycles. The number of carbonyl (C=O) groups is 1. The van der Waals surface area contributed by atoms with Crippen molar-refractivity contribution in [1.29, 1.82) is 0 Å². The summed E-state index contributed by atoms with van der Waals surface area (Å²) in [5.74, 6) is 0.00516. The molecule has 1 fully saturated rings. The van der Waals surface area contributed by atoms with Gasteiger partial charge in [0, 0.05) is 12.0 Å². The number of hydrazone groups is 1. The van der Waals surface area contributed by atoms with Crippen LogP contribution in [0.25, 0.3) is 0 Å². The highest BCUT2D eigenvalue weighted by atomic mass is 32.1. The molecule has 0 aliphatic heterocycles. The molecule has 6 nitrogen and oxygen atoms in total. The summed E-state index contributed by atoms with van der Waals surface area (Å²) >= 11 is 1.03. The number of nitrogens with one attached hydrogen (secondary N) is 1. The molecule has 0 unspecified atom stereocenters. The van der Waals surface area contributed by atoms with Crippen LogP contribution >= 0.6 is 11.3 Å². The van der Waals surface area contributed by atoms with Crippen LogP contribution in [0.5, 0.6) is 0 Å². The van der Waals surface area contributed by atoms with E-state index in [4.69, 9.17) is 0 Å². The molecule has 0 bridgehead atoms. The second-order valence-electron chi connectivity index (χ2n) is 4.50. The Morgan fingerprint density at radius 2 is 2.16 bits per heavy atom. The van der Waals surface area contributed by atoms with E-state index in [1.165, 1.54) is 18.7 Å². The Labute approximate surface area is 114 Å². The molecular formula is C12H15N3O3S. The summed E-state index contributed by atoms with van der Waals surface area (Å²) in [5.41, 5.74) is 2.51. The first kappa shape index (κ1) is 13.7. The van der Waals surface area contributed by atoms with Gasteiger partial charge in [0.15, 0.2) is 0 Å². The maximum Gasteiger partial charge on any atom is 0.324 e. The first-order valence-corrected chi connectivity index (χ1v) is 7.05.